The molecule has 1 aromatic carbocycles. The normalized spacial score (nSPS) is 25.8. The van der Waals surface area contributed by atoms with Crippen LogP contribution in [0.4, 0.5) is 0 Å². The van der Waals surface area contributed by atoms with Crippen LogP contribution in [-0.2, 0) is 4.74 Å². The second-order valence-electron chi connectivity index (χ2n) is 6.04. The monoisotopic (exact) mass is 234 g/mol. The Morgan fingerprint density at radius 3 is 2.35 bits per heavy atom. The summed E-state index contributed by atoms with van der Waals surface area (Å²) >= 11 is 0. The van der Waals surface area contributed by atoms with Gasteiger partial charge in [0.25, 0.3) is 0 Å². The first kappa shape index (κ1) is 12.4. The Balaban J connectivity index is 2.17. The summed E-state index contributed by atoms with van der Waals surface area (Å²) in [6.45, 7) is 10.5. The van der Waals surface area contributed by atoms with Gasteiger partial charge in [-0.3, -0.25) is 0 Å². The van der Waals surface area contributed by atoms with Crippen molar-refractivity contribution in [1.82, 2.24) is 0 Å². The summed E-state index contributed by atoms with van der Waals surface area (Å²) in [4.78, 5) is 0. The molecule has 0 amide bonds. The van der Waals surface area contributed by atoms with Gasteiger partial charge in [0.2, 0.25) is 0 Å². The lowest BCUT2D eigenvalue weighted by Crippen LogP contribution is -2.36. The van der Waals surface area contributed by atoms with Gasteiger partial charge >= 0.3 is 0 Å². The summed E-state index contributed by atoms with van der Waals surface area (Å²) in [6.07, 6.45) is 1.03. The third-order valence-corrected chi connectivity index (χ3v) is 3.35. The van der Waals surface area contributed by atoms with E-state index in [-0.39, 0.29) is 17.3 Å². The summed E-state index contributed by atoms with van der Waals surface area (Å²) < 4.78 is 12.2. The first-order chi connectivity index (χ1) is 7.80. The fourth-order valence-electron chi connectivity index (χ4n) is 2.54. The van der Waals surface area contributed by atoms with E-state index in [0.29, 0.717) is 0 Å². The minimum Gasteiger partial charge on any atom is -0.487 e. The van der Waals surface area contributed by atoms with Crippen LogP contribution in [0, 0.1) is 6.92 Å². The predicted octanol–water partition coefficient (Wildman–Crippen LogP) is 3.72. The Hall–Kier alpha value is -1.02. The van der Waals surface area contributed by atoms with Gasteiger partial charge in [-0.1, -0.05) is 18.2 Å². The van der Waals surface area contributed by atoms with E-state index in [0.717, 1.165) is 12.2 Å². The van der Waals surface area contributed by atoms with Crippen molar-refractivity contribution in [3.63, 3.8) is 0 Å². The predicted molar refractivity (Wildman–Crippen MR) is 69.5 cm³/mol. The first-order valence-electron chi connectivity index (χ1n) is 6.23. The molecule has 0 aliphatic carbocycles. The minimum absolute atomic E-state index is 0.100. The Morgan fingerprint density at radius 1 is 1.18 bits per heavy atom. The SMILES string of the molecule is Cc1ccccc1OC1CC(C)(C)OC1(C)C. The van der Waals surface area contributed by atoms with E-state index < -0.39 is 0 Å². The Morgan fingerprint density at radius 2 is 1.82 bits per heavy atom. The molecular formula is C15H22O2. The van der Waals surface area contributed by atoms with Crippen molar-refractivity contribution in [2.75, 3.05) is 0 Å². The zero-order valence-corrected chi connectivity index (χ0v) is 11.4. The molecule has 1 aromatic rings. The Kier molecular flexibility index (Phi) is 2.94. The van der Waals surface area contributed by atoms with E-state index in [1.165, 1.54) is 5.56 Å². The van der Waals surface area contributed by atoms with E-state index >= 15 is 0 Å². The molecule has 1 fully saturated rings. The molecule has 0 N–H and O–H groups in total. The van der Waals surface area contributed by atoms with E-state index in [1.54, 1.807) is 0 Å². The van der Waals surface area contributed by atoms with Crippen LogP contribution in [0.25, 0.3) is 0 Å². The molecular weight excluding hydrogens is 212 g/mol. The molecule has 2 nitrogen and oxygen atoms in total. The first-order valence-corrected chi connectivity index (χ1v) is 6.23. The zero-order valence-electron chi connectivity index (χ0n) is 11.4. The van der Waals surface area contributed by atoms with E-state index in [2.05, 4.69) is 40.7 Å². The van der Waals surface area contributed by atoms with Gasteiger partial charge < -0.3 is 9.47 Å². The highest BCUT2D eigenvalue weighted by Crippen LogP contribution is 2.39. The molecule has 2 heteroatoms. The summed E-state index contributed by atoms with van der Waals surface area (Å²) in [5.74, 6) is 0.965. The molecule has 1 atom stereocenters. The number of rotatable bonds is 2. The Labute approximate surface area is 104 Å². The molecule has 1 heterocycles. The lowest BCUT2D eigenvalue weighted by atomic mass is 9.97. The average Bonchev–Trinajstić information content (AvgIpc) is 2.38. The fraction of sp³-hybridized carbons (Fsp3) is 0.600. The van der Waals surface area contributed by atoms with Gasteiger partial charge in [-0.25, -0.2) is 0 Å². The highest BCUT2D eigenvalue weighted by molar-refractivity contribution is 5.32. The number of ether oxygens (including phenoxy) is 2. The van der Waals surface area contributed by atoms with Crippen molar-refractivity contribution in [3.8, 4) is 5.75 Å². The molecule has 1 aliphatic heterocycles. The van der Waals surface area contributed by atoms with Crippen molar-refractivity contribution in [2.24, 2.45) is 0 Å². The van der Waals surface area contributed by atoms with Crippen LogP contribution in [0.3, 0.4) is 0 Å². The highest BCUT2D eigenvalue weighted by Gasteiger charge is 2.47. The number of benzene rings is 1. The van der Waals surface area contributed by atoms with Crippen LogP contribution >= 0.6 is 0 Å². The Bertz CT molecular complexity index is 407. The van der Waals surface area contributed by atoms with Gasteiger partial charge in [0.15, 0.2) is 0 Å². The third kappa shape index (κ3) is 2.63. The van der Waals surface area contributed by atoms with Crippen molar-refractivity contribution in [3.05, 3.63) is 29.8 Å². The lowest BCUT2D eigenvalue weighted by Gasteiger charge is -2.27. The molecule has 1 unspecified atom stereocenters. The van der Waals surface area contributed by atoms with Gasteiger partial charge in [0.05, 0.1) is 5.60 Å². The van der Waals surface area contributed by atoms with Gasteiger partial charge in [-0.2, -0.15) is 0 Å². The van der Waals surface area contributed by atoms with Gasteiger partial charge in [0.1, 0.15) is 17.5 Å². The largest absolute Gasteiger partial charge is 0.487 e. The standard InChI is InChI=1S/C15H22O2/c1-11-8-6-7-9-12(11)16-13-10-14(2,3)17-15(13,4)5/h6-9,13H,10H2,1-5H3. The van der Waals surface area contributed by atoms with Crippen molar-refractivity contribution >= 4 is 0 Å². The van der Waals surface area contributed by atoms with Gasteiger partial charge in [-0.05, 0) is 46.2 Å². The number of aryl methyl sites for hydroxylation is 1. The van der Waals surface area contributed by atoms with Crippen LogP contribution in [0.5, 0.6) is 5.75 Å². The summed E-state index contributed by atoms with van der Waals surface area (Å²) in [7, 11) is 0. The maximum atomic E-state index is 6.13. The van der Waals surface area contributed by atoms with Crippen LogP contribution < -0.4 is 4.74 Å². The average molecular weight is 234 g/mol. The second-order valence-corrected chi connectivity index (χ2v) is 6.04. The molecule has 0 saturated carbocycles. The topological polar surface area (TPSA) is 18.5 Å². The van der Waals surface area contributed by atoms with Crippen LogP contribution in [0.2, 0.25) is 0 Å². The molecule has 0 aromatic heterocycles. The molecule has 1 saturated heterocycles. The van der Waals surface area contributed by atoms with Gasteiger partial charge in [-0.15, -0.1) is 0 Å². The number of hydrogen-bond acceptors (Lipinski definition) is 2. The highest BCUT2D eigenvalue weighted by atomic mass is 16.6. The molecule has 0 radical (unpaired) electrons. The molecule has 0 bridgehead atoms. The molecule has 2 rings (SSSR count). The van der Waals surface area contributed by atoms with Crippen LogP contribution in [0.15, 0.2) is 24.3 Å². The van der Waals surface area contributed by atoms with Crippen molar-refractivity contribution in [2.45, 2.75) is 58.3 Å². The number of para-hydroxylation sites is 1. The van der Waals surface area contributed by atoms with Crippen molar-refractivity contribution in [1.29, 1.82) is 0 Å². The summed E-state index contributed by atoms with van der Waals surface area (Å²) in [6, 6.07) is 8.14. The van der Waals surface area contributed by atoms with Crippen LogP contribution in [0.1, 0.15) is 39.7 Å². The lowest BCUT2D eigenvalue weighted by molar-refractivity contribution is -0.0846. The molecule has 17 heavy (non-hydrogen) atoms. The maximum Gasteiger partial charge on any atom is 0.130 e. The minimum atomic E-state index is -0.230. The van der Waals surface area contributed by atoms with Crippen LogP contribution in [-0.4, -0.2) is 17.3 Å². The molecule has 0 spiro atoms. The summed E-state index contributed by atoms with van der Waals surface area (Å²) in [5, 5.41) is 0. The third-order valence-electron chi connectivity index (χ3n) is 3.35. The van der Waals surface area contributed by atoms with Gasteiger partial charge in [0, 0.05) is 6.42 Å². The quantitative estimate of drug-likeness (QED) is 0.776. The van der Waals surface area contributed by atoms with E-state index in [1.807, 2.05) is 18.2 Å². The van der Waals surface area contributed by atoms with Crippen molar-refractivity contribution < 1.29 is 9.47 Å². The summed E-state index contributed by atoms with van der Waals surface area (Å²) in [5.41, 5.74) is 0.843. The molecule has 94 valence electrons. The smallest absolute Gasteiger partial charge is 0.130 e. The fourth-order valence-corrected chi connectivity index (χ4v) is 2.54. The zero-order chi connectivity index (χ0) is 12.7. The van der Waals surface area contributed by atoms with E-state index in [4.69, 9.17) is 9.47 Å². The number of hydrogen-bond donors (Lipinski definition) is 0. The maximum absolute atomic E-state index is 6.13. The molecule has 1 aliphatic rings. The van der Waals surface area contributed by atoms with E-state index in [9.17, 15) is 0 Å². The second kappa shape index (κ2) is 4.02.